The first-order valence-electron chi connectivity index (χ1n) is 6.23. The third-order valence-corrected chi connectivity index (χ3v) is 3.45. The zero-order valence-electron chi connectivity index (χ0n) is 10.5. The molecule has 1 amide bonds. The second-order valence-electron chi connectivity index (χ2n) is 4.93. The molecule has 0 saturated heterocycles. The molecule has 0 spiro atoms. The van der Waals surface area contributed by atoms with E-state index in [-0.39, 0.29) is 11.8 Å². The van der Waals surface area contributed by atoms with Crippen molar-refractivity contribution >= 4 is 11.6 Å². The van der Waals surface area contributed by atoms with Gasteiger partial charge in [0.25, 0.3) is 0 Å². The van der Waals surface area contributed by atoms with Crippen LogP contribution in [0.1, 0.15) is 29.5 Å². The van der Waals surface area contributed by atoms with Gasteiger partial charge in [0, 0.05) is 11.6 Å². The van der Waals surface area contributed by atoms with Gasteiger partial charge in [0.15, 0.2) is 0 Å². The van der Waals surface area contributed by atoms with Gasteiger partial charge in [-0.3, -0.25) is 4.79 Å². The van der Waals surface area contributed by atoms with E-state index in [2.05, 4.69) is 31.3 Å². The number of rotatable bonds is 3. The molecule has 17 heavy (non-hydrogen) atoms. The highest BCUT2D eigenvalue weighted by atomic mass is 16.1. The van der Waals surface area contributed by atoms with Crippen molar-refractivity contribution in [2.45, 2.75) is 33.1 Å². The molecule has 3 nitrogen and oxygen atoms in total. The lowest BCUT2D eigenvalue weighted by molar-refractivity contribution is -0.120. The maximum Gasteiger partial charge on any atom is 0.227 e. The van der Waals surface area contributed by atoms with Crippen molar-refractivity contribution in [2.24, 2.45) is 11.7 Å². The summed E-state index contributed by atoms with van der Waals surface area (Å²) in [6.45, 7) is 4.83. The van der Waals surface area contributed by atoms with E-state index < -0.39 is 0 Å². The minimum atomic E-state index is 0.0902. The molecule has 0 radical (unpaired) electrons. The fourth-order valence-electron chi connectivity index (χ4n) is 2.55. The largest absolute Gasteiger partial charge is 0.330 e. The molecule has 0 aliphatic carbocycles. The monoisotopic (exact) mass is 232 g/mol. The lowest BCUT2D eigenvalue weighted by atomic mass is 9.87. The molecule has 2 rings (SSSR count). The number of benzene rings is 1. The molecule has 0 bridgehead atoms. The number of aryl methyl sites for hydroxylation is 2. The molecule has 1 heterocycles. The Balaban J connectivity index is 2.25. The average molecular weight is 232 g/mol. The van der Waals surface area contributed by atoms with Crippen molar-refractivity contribution in [3.63, 3.8) is 0 Å². The minimum absolute atomic E-state index is 0.0902. The van der Waals surface area contributed by atoms with E-state index in [1.807, 2.05) is 0 Å². The van der Waals surface area contributed by atoms with Crippen LogP contribution >= 0.6 is 0 Å². The van der Waals surface area contributed by atoms with Gasteiger partial charge in [0.2, 0.25) is 5.91 Å². The van der Waals surface area contributed by atoms with Crippen molar-refractivity contribution < 1.29 is 4.79 Å². The number of nitrogens with two attached hydrogens (primary N) is 1. The van der Waals surface area contributed by atoms with Crippen LogP contribution in [0.5, 0.6) is 0 Å². The van der Waals surface area contributed by atoms with Crippen LogP contribution < -0.4 is 11.1 Å². The van der Waals surface area contributed by atoms with Crippen LogP contribution in [0.2, 0.25) is 0 Å². The zero-order valence-corrected chi connectivity index (χ0v) is 10.5. The van der Waals surface area contributed by atoms with Crippen LogP contribution in [-0.4, -0.2) is 12.5 Å². The molecule has 92 valence electrons. The van der Waals surface area contributed by atoms with E-state index in [1.54, 1.807) is 0 Å². The number of amides is 1. The number of carbonyl (C=O) groups excluding carboxylic acids is 1. The summed E-state index contributed by atoms with van der Waals surface area (Å²) in [6.07, 6.45) is 2.65. The van der Waals surface area contributed by atoms with Gasteiger partial charge in [-0.1, -0.05) is 6.07 Å². The van der Waals surface area contributed by atoms with Crippen LogP contribution in [-0.2, 0) is 11.2 Å². The summed E-state index contributed by atoms with van der Waals surface area (Å²) in [5.74, 6) is 0.239. The van der Waals surface area contributed by atoms with Gasteiger partial charge >= 0.3 is 0 Å². The third kappa shape index (κ3) is 2.50. The summed E-state index contributed by atoms with van der Waals surface area (Å²) in [5.41, 5.74) is 10.3. The number of hydrogen-bond acceptors (Lipinski definition) is 2. The lowest BCUT2D eigenvalue weighted by Crippen LogP contribution is -2.30. The van der Waals surface area contributed by atoms with Crippen molar-refractivity contribution in [2.75, 3.05) is 11.9 Å². The van der Waals surface area contributed by atoms with Gasteiger partial charge in [-0.2, -0.15) is 0 Å². The quantitative estimate of drug-likeness (QED) is 0.839. The molecule has 3 N–H and O–H groups in total. The van der Waals surface area contributed by atoms with Crippen molar-refractivity contribution in [3.05, 3.63) is 28.8 Å². The van der Waals surface area contributed by atoms with E-state index in [1.165, 1.54) is 16.7 Å². The SMILES string of the molecule is Cc1cc(C)c2c(c1)NC(=O)C(CCCN)C2. The Morgan fingerprint density at radius 3 is 2.88 bits per heavy atom. The lowest BCUT2D eigenvalue weighted by Gasteiger charge is -2.26. The van der Waals surface area contributed by atoms with E-state index in [4.69, 9.17) is 5.73 Å². The summed E-state index contributed by atoms with van der Waals surface area (Å²) < 4.78 is 0. The van der Waals surface area contributed by atoms with E-state index in [9.17, 15) is 4.79 Å². The molecule has 1 unspecified atom stereocenters. The van der Waals surface area contributed by atoms with Gasteiger partial charge in [0.1, 0.15) is 0 Å². The van der Waals surface area contributed by atoms with E-state index in [0.717, 1.165) is 24.9 Å². The molecular weight excluding hydrogens is 212 g/mol. The molecule has 1 aromatic rings. The first-order chi connectivity index (χ1) is 8.11. The van der Waals surface area contributed by atoms with Crippen LogP contribution in [0.15, 0.2) is 12.1 Å². The van der Waals surface area contributed by atoms with Gasteiger partial charge in [0.05, 0.1) is 0 Å². The standard InChI is InChI=1S/C14H20N2O/c1-9-6-10(2)12-8-11(4-3-5-15)14(17)16-13(12)7-9/h6-7,11H,3-5,8,15H2,1-2H3,(H,16,17). The highest BCUT2D eigenvalue weighted by Crippen LogP contribution is 2.31. The fourth-order valence-corrected chi connectivity index (χ4v) is 2.55. The first-order valence-corrected chi connectivity index (χ1v) is 6.23. The van der Waals surface area contributed by atoms with E-state index >= 15 is 0 Å². The molecule has 1 aromatic carbocycles. The maximum atomic E-state index is 11.9. The van der Waals surface area contributed by atoms with Gasteiger partial charge in [-0.15, -0.1) is 0 Å². The number of hydrogen-bond donors (Lipinski definition) is 2. The molecule has 0 saturated carbocycles. The highest BCUT2D eigenvalue weighted by Gasteiger charge is 2.26. The summed E-state index contributed by atoms with van der Waals surface area (Å²) in [7, 11) is 0. The highest BCUT2D eigenvalue weighted by molar-refractivity contribution is 5.96. The van der Waals surface area contributed by atoms with Crippen LogP contribution in [0, 0.1) is 19.8 Å². The van der Waals surface area contributed by atoms with Gasteiger partial charge < -0.3 is 11.1 Å². The fraction of sp³-hybridized carbons (Fsp3) is 0.500. The Kier molecular flexibility index (Phi) is 3.48. The molecule has 0 fully saturated rings. The van der Waals surface area contributed by atoms with Crippen LogP contribution in [0.3, 0.4) is 0 Å². The average Bonchev–Trinajstić information content (AvgIpc) is 2.26. The second-order valence-corrected chi connectivity index (χ2v) is 4.93. The third-order valence-electron chi connectivity index (χ3n) is 3.45. The number of fused-ring (bicyclic) bond motifs is 1. The summed E-state index contributed by atoms with van der Waals surface area (Å²) >= 11 is 0. The molecule has 3 heteroatoms. The predicted molar refractivity (Wildman–Crippen MR) is 70.0 cm³/mol. The van der Waals surface area contributed by atoms with Crippen molar-refractivity contribution in [1.82, 2.24) is 0 Å². The normalized spacial score (nSPS) is 18.8. The molecular formula is C14H20N2O. The van der Waals surface area contributed by atoms with Crippen molar-refractivity contribution in [3.8, 4) is 0 Å². The summed E-state index contributed by atoms with van der Waals surface area (Å²) in [5, 5.41) is 3.02. The molecule has 1 atom stereocenters. The maximum absolute atomic E-state index is 11.9. The van der Waals surface area contributed by atoms with Gasteiger partial charge in [-0.25, -0.2) is 0 Å². The van der Waals surface area contributed by atoms with Gasteiger partial charge in [-0.05, 0) is 62.4 Å². The number of carbonyl (C=O) groups is 1. The second kappa shape index (κ2) is 4.88. The van der Waals surface area contributed by atoms with E-state index in [0.29, 0.717) is 6.54 Å². The summed E-state index contributed by atoms with van der Waals surface area (Å²) in [4.78, 5) is 11.9. The smallest absolute Gasteiger partial charge is 0.227 e. The van der Waals surface area contributed by atoms with Crippen molar-refractivity contribution in [1.29, 1.82) is 0 Å². The topological polar surface area (TPSA) is 55.1 Å². The first kappa shape index (κ1) is 12.1. The Bertz CT molecular complexity index is 440. The molecule has 1 aliphatic heterocycles. The van der Waals surface area contributed by atoms with Crippen LogP contribution in [0.4, 0.5) is 5.69 Å². The number of nitrogens with one attached hydrogen (secondary N) is 1. The number of anilines is 1. The minimum Gasteiger partial charge on any atom is -0.330 e. The Hall–Kier alpha value is -1.35. The zero-order chi connectivity index (χ0) is 12.4. The Morgan fingerprint density at radius 1 is 1.41 bits per heavy atom. The molecule has 0 aromatic heterocycles. The van der Waals surface area contributed by atoms with Crippen LogP contribution in [0.25, 0.3) is 0 Å². The summed E-state index contributed by atoms with van der Waals surface area (Å²) in [6, 6.07) is 4.23. The predicted octanol–water partition coefficient (Wildman–Crippen LogP) is 2.15. The Labute approximate surface area is 102 Å². The Morgan fingerprint density at radius 2 is 2.18 bits per heavy atom. The molecule has 1 aliphatic rings.